The van der Waals surface area contributed by atoms with Crippen LogP contribution in [0.25, 0.3) is 22.0 Å². The minimum atomic E-state index is -3.88. The van der Waals surface area contributed by atoms with Gasteiger partial charge in [-0.15, -0.1) is 0 Å². The van der Waals surface area contributed by atoms with Crippen molar-refractivity contribution in [2.75, 3.05) is 26.3 Å². The van der Waals surface area contributed by atoms with Crippen LogP contribution >= 0.6 is 11.3 Å². The third-order valence-corrected chi connectivity index (χ3v) is 7.09. The number of aromatic nitrogens is 1. The average Bonchev–Trinajstić information content (AvgIpc) is 3.29. The van der Waals surface area contributed by atoms with Gasteiger partial charge in [0.25, 0.3) is 5.91 Å². The summed E-state index contributed by atoms with van der Waals surface area (Å²) in [6.07, 6.45) is 0. The Bertz CT molecular complexity index is 1070. The van der Waals surface area contributed by atoms with E-state index in [9.17, 15) is 13.2 Å². The molecule has 3 heterocycles. The molecule has 0 radical (unpaired) electrons. The lowest BCUT2D eigenvalue weighted by Crippen LogP contribution is -2.41. The van der Waals surface area contributed by atoms with Crippen molar-refractivity contribution in [2.45, 2.75) is 4.90 Å². The summed E-state index contributed by atoms with van der Waals surface area (Å²) in [7, 11) is -3.88. The first-order chi connectivity index (χ1) is 12.5. The van der Waals surface area contributed by atoms with E-state index >= 15 is 0 Å². The van der Waals surface area contributed by atoms with Gasteiger partial charge in [0.15, 0.2) is 0 Å². The highest BCUT2D eigenvalue weighted by Gasteiger charge is 2.33. The van der Waals surface area contributed by atoms with E-state index in [2.05, 4.69) is 4.98 Å². The van der Waals surface area contributed by atoms with Crippen LogP contribution in [0, 0.1) is 0 Å². The van der Waals surface area contributed by atoms with Crippen LogP contribution in [0.5, 0.6) is 0 Å². The highest BCUT2D eigenvalue weighted by Crippen LogP contribution is 2.33. The molecule has 136 valence electrons. The number of nitrogens with zero attached hydrogens (tertiary/aromatic N) is 1. The summed E-state index contributed by atoms with van der Waals surface area (Å²) in [5, 5.41) is 4.41. The van der Waals surface area contributed by atoms with E-state index in [-0.39, 0.29) is 23.7 Å². The molecule has 0 unspecified atom stereocenters. The lowest BCUT2D eigenvalue weighted by molar-refractivity contribution is 0.0730. The molecule has 0 spiro atoms. The molecule has 1 saturated heterocycles. The lowest BCUT2D eigenvalue weighted by Gasteiger charge is -2.26. The van der Waals surface area contributed by atoms with Crippen molar-refractivity contribution in [3.8, 4) is 11.1 Å². The Balaban J connectivity index is 1.94. The van der Waals surface area contributed by atoms with E-state index in [1.165, 1.54) is 4.31 Å². The number of hydrogen-bond acceptors (Lipinski definition) is 5. The topological polar surface area (TPSA) is 105 Å². The predicted molar refractivity (Wildman–Crippen MR) is 99.7 cm³/mol. The first-order valence-electron chi connectivity index (χ1n) is 8.04. The summed E-state index contributed by atoms with van der Waals surface area (Å²) < 4.78 is 33.0. The summed E-state index contributed by atoms with van der Waals surface area (Å²) >= 11 is 1.56. The van der Waals surface area contributed by atoms with Crippen LogP contribution in [0.2, 0.25) is 0 Å². The molecular weight excluding hydrogens is 374 g/mol. The third-order valence-electron chi connectivity index (χ3n) is 4.42. The Labute approximate surface area is 154 Å². The maximum absolute atomic E-state index is 13.2. The second-order valence-corrected chi connectivity index (χ2v) is 8.64. The molecule has 0 aliphatic carbocycles. The molecule has 1 aliphatic heterocycles. The largest absolute Gasteiger partial charge is 0.379 e. The van der Waals surface area contributed by atoms with Gasteiger partial charge in [0.2, 0.25) is 10.0 Å². The molecule has 1 fully saturated rings. The Morgan fingerprint density at radius 2 is 1.96 bits per heavy atom. The molecule has 1 aromatic carbocycles. The fourth-order valence-corrected chi connectivity index (χ4v) is 5.54. The van der Waals surface area contributed by atoms with Crippen LogP contribution in [0.4, 0.5) is 0 Å². The summed E-state index contributed by atoms with van der Waals surface area (Å²) in [4.78, 5) is 14.7. The molecular formula is C17H17N3O4S2. The van der Waals surface area contributed by atoms with Gasteiger partial charge in [0.1, 0.15) is 10.6 Å². The maximum Gasteiger partial charge on any atom is 0.266 e. The summed E-state index contributed by atoms with van der Waals surface area (Å²) in [6, 6.07) is 7.40. The normalized spacial score (nSPS) is 16.2. The Hall–Kier alpha value is -2.20. The van der Waals surface area contributed by atoms with Crippen LogP contribution in [0.1, 0.15) is 10.5 Å². The summed E-state index contributed by atoms with van der Waals surface area (Å²) in [5.74, 6) is -0.801. The minimum Gasteiger partial charge on any atom is -0.379 e. The van der Waals surface area contributed by atoms with Crippen molar-refractivity contribution in [3.05, 3.63) is 40.7 Å². The SMILES string of the molecule is NC(=O)c1[nH]c2ccc(-c3ccsc3)cc2c1S(=O)(=O)N1CCOCC1. The molecule has 0 atom stereocenters. The van der Waals surface area contributed by atoms with E-state index in [1.54, 1.807) is 23.5 Å². The van der Waals surface area contributed by atoms with Gasteiger partial charge in [0, 0.05) is 24.0 Å². The number of primary amides is 1. The molecule has 2 aromatic heterocycles. The van der Waals surface area contributed by atoms with E-state index in [4.69, 9.17) is 10.5 Å². The number of nitrogens with one attached hydrogen (secondary N) is 1. The van der Waals surface area contributed by atoms with Gasteiger partial charge >= 0.3 is 0 Å². The molecule has 1 amide bonds. The number of amides is 1. The highest BCUT2D eigenvalue weighted by molar-refractivity contribution is 7.89. The zero-order chi connectivity index (χ0) is 18.3. The Kier molecular flexibility index (Phi) is 4.31. The van der Waals surface area contributed by atoms with E-state index in [0.29, 0.717) is 24.1 Å². The molecule has 0 saturated carbocycles. The molecule has 9 heteroatoms. The van der Waals surface area contributed by atoms with Gasteiger partial charge in [-0.25, -0.2) is 8.42 Å². The van der Waals surface area contributed by atoms with Gasteiger partial charge in [-0.1, -0.05) is 6.07 Å². The van der Waals surface area contributed by atoms with Crippen molar-refractivity contribution in [2.24, 2.45) is 5.73 Å². The standard InChI is InChI=1S/C17H17N3O4S2/c18-17(21)15-16(26(22,23)20-4-6-24-7-5-20)13-9-11(1-2-14(13)19-15)12-3-8-25-10-12/h1-3,8-10,19H,4-7H2,(H2,18,21). The summed E-state index contributed by atoms with van der Waals surface area (Å²) in [6.45, 7) is 1.15. The van der Waals surface area contributed by atoms with Crippen molar-refractivity contribution in [1.29, 1.82) is 0 Å². The van der Waals surface area contributed by atoms with Gasteiger partial charge < -0.3 is 15.5 Å². The minimum absolute atomic E-state index is 0.0565. The Morgan fingerprint density at radius 1 is 1.19 bits per heavy atom. The molecule has 26 heavy (non-hydrogen) atoms. The number of thiophene rings is 1. The third kappa shape index (κ3) is 2.82. The number of sulfonamides is 1. The molecule has 0 bridgehead atoms. The number of rotatable bonds is 4. The smallest absolute Gasteiger partial charge is 0.266 e. The van der Waals surface area contributed by atoms with Crippen molar-refractivity contribution < 1.29 is 17.9 Å². The van der Waals surface area contributed by atoms with Gasteiger partial charge in [0.05, 0.1) is 13.2 Å². The van der Waals surface area contributed by atoms with Crippen LogP contribution in [0.15, 0.2) is 39.9 Å². The van der Waals surface area contributed by atoms with Crippen LogP contribution < -0.4 is 5.73 Å². The number of hydrogen-bond donors (Lipinski definition) is 2. The first-order valence-corrected chi connectivity index (χ1v) is 10.4. The lowest BCUT2D eigenvalue weighted by atomic mass is 10.1. The predicted octanol–water partition coefficient (Wildman–Crippen LogP) is 2.02. The number of H-pyrrole nitrogens is 1. The Morgan fingerprint density at radius 3 is 2.62 bits per heavy atom. The second kappa shape index (κ2) is 6.51. The number of carbonyl (C=O) groups excluding carboxylic acids is 1. The zero-order valence-corrected chi connectivity index (χ0v) is 15.4. The monoisotopic (exact) mass is 391 g/mol. The van der Waals surface area contributed by atoms with Crippen molar-refractivity contribution >= 4 is 38.2 Å². The second-order valence-electron chi connectivity index (χ2n) is 5.98. The highest BCUT2D eigenvalue weighted by atomic mass is 32.2. The molecule has 1 aliphatic rings. The number of carbonyl (C=O) groups is 1. The van der Waals surface area contributed by atoms with Gasteiger partial charge in [-0.05, 0) is 40.1 Å². The van der Waals surface area contributed by atoms with Gasteiger partial charge in [-0.2, -0.15) is 15.6 Å². The number of aromatic amines is 1. The number of nitrogens with two attached hydrogens (primary N) is 1. The molecule has 4 rings (SSSR count). The average molecular weight is 391 g/mol. The van der Waals surface area contributed by atoms with E-state index < -0.39 is 15.9 Å². The number of benzene rings is 1. The molecule has 3 N–H and O–H groups in total. The number of ether oxygens (including phenoxy) is 1. The zero-order valence-electron chi connectivity index (χ0n) is 13.8. The van der Waals surface area contributed by atoms with Crippen LogP contribution in [0.3, 0.4) is 0 Å². The number of fused-ring (bicyclic) bond motifs is 1. The van der Waals surface area contributed by atoms with Crippen molar-refractivity contribution in [3.63, 3.8) is 0 Å². The quantitative estimate of drug-likeness (QED) is 0.710. The van der Waals surface area contributed by atoms with Crippen LogP contribution in [-0.2, 0) is 14.8 Å². The van der Waals surface area contributed by atoms with Crippen molar-refractivity contribution in [1.82, 2.24) is 9.29 Å². The fourth-order valence-electron chi connectivity index (χ4n) is 3.13. The molecule has 7 nitrogen and oxygen atoms in total. The van der Waals surface area contributed by atoms with E-state index in [1.807, 2.05) is 22.9 Å². The molecule has 3 aromatic rings. The van der Waals surface area contributed by atoms with E-state index in [0.717, 1.165) is 11.1 Å². The first kappa shape index (κ1) is 17.2. The van der Waals surface area contributed by atoms with Crippen LogP contribution in [-0.4, -0.2) is 49.9 Å². The van der Waals surface area contributed by atoms with Gasteiger partial charge in [-0.3, -0.25) is 4.79 Å². The maximum atomic E-state index is 13.2. The number of morpholine rings is 1. The summed E-state index contributed by atoms with van der Waals surface area (Å²) in [5.41, 5.74) is 7.81. The fraction of sp³-hybridized carbons (Fsp3) is 0.235.